The van der Waals surface area contributed by atoms with Gasteiger partial charge in [-0.05, 0) is 30.3 Å². The fourth-order valence-electron chi connectivity index (χ4n) is 2.92. The van der Waals surface area contributed by atoms with Crippen molar-refractivity contribution in [1.29, 1.82) is 0 Å². The van der Waals surface area contributed by atoms with Crippen LogP contribution in [0.15, 0.2) is 42.5 Å². The quantitative estimate of drug-likeness (QED) is 0.871. The molecule has 1 fully saturated rings. The van der Waals surface area contributed by atoms with E-state index in [0.29, 0.717) is 34.4 Å². The minimum Gasteiger partial charge on any atom is -0.497 e. The standard InChI is InChI=1S/C19H19ClN2O4/c1-25-15-5-3-4-14(10-15)22-11-12(8-18(22)23)19(24)21-16-9-13(20)6-7-17(16)26-2/h3-7,9-10,12H,8,11H2,1-2H3,(H,21,24)/t12-/m1/s1. The van der Waals surface area contributed by atoms with E-state index in [-0.39, 0.29) is 18.2 Å². The van der Waals surface area contributed by atoms with Crippen LogP contribution in [0.3, 0.4) is 0 Å². The molecular formula is C19H19ClN2O4. The first kappa shape index (κ1) is 18.1. The Labute approximate surface area is 156 Å². The lowest BCUT2D eigenvalue weighted by Crippen LogP contribution is -2.28. The normalized spacial score (nSPS) is 16.5. The molecule has 2 amide bonds. The molecule has 1 aliphatic rings. The van der Waals surface area contributed by atoms with E-state index in [0.717, 1.165) is 0 Å². The van der Waals surface area contributed by atoms with Crippen LogP contribution in [0.25, 0.3) is 0 Å². The maximum Gasteiger partial charge on any atom is 0.229 e. The van der Waals surface area contributed by atoms with Crippen LogP contribution in [-0.2, 0) is 9.59 Å². The summed E-state index contributed by atoms with van der Waals surface area (Å²) in [6.45, 7) is 0.306. The van der Waals surface area contributed by atoms with Crippen LogP contribution in [0.5, 0.6) is 11.5 Å². The van der Waals surface area contributed by atoms with Crippen LogP contribution in [-0.4, -0.2) is 32.6 Å². The van der Waals surface area contributed by atoms with Crippen molar-refractivity contribution in [2.45, 2.75) is 6.42 Å². The fourth-order valence-corrected chi connectivity index (χ4v) is 3.10. The monoisotopic (exact) mass is 374 g/mol. The first-order valence-corrected chi connectivity index (χ1v) is 8.48. The van der Waals surface area contributed by atoms with Gasteiger partial charge in [0.05, 0.1) is 25.8 Å². The summed E-state index contributed by atoms with van der Waals surface area (Å²) in [6, 6.07) is 12.2. The molecule has 0 unspecified atom stereocenters. The molecule has 0 spiro atoms. The van der Waals surface area contributed by atoms with Gasteiger partial charge in [-0.1, -0.05) is 17.7 Å². The first-order chi connectivity index (χ1) is 12.5. The Kier molecular flexibility index (Phi) is 5.32. The predicted octanol–water partition coefficient (Wildman–Crippen LogP) is 3.35. The highest BCUT2D eigenvalue weighted by atomic mass is 35.5. The maximum absolute atomic E-state index is 12.6. The van der Waals surface area contributed by atoms with Gasteiger partial charge in [-0.15, -0.1) is 0 Å². The molecule has 6 nitrogen and oxygen atoms in total. The topological polar surface area (TPSA) is 67.9 Å². The van der Waals surface area contributed by atoms with Gasteiger partial charge in [-0.2, -0.15) is 0 Å². The molecule has 2 aromatic rings. The summed E-state index contributed by atoms with van der Waals surface area (Å²) in [4.78, 5) is 26.6. The van der Waals surface area contributed by atoms with Crippen LogP contribution >= 0.6 is 11.6 Å². The molecule has 1 heterocycles. The average molecular weight is 375 g/mol. The Morgan fingerprint density at radius 2 is 2.00 bits per heavy atom. The summed E-state index contributed by atoms with van der Waals surface area (Å²) in [5.74, 6) is 0.363. The molecule has 7 heteroatoms. The van der Waals surface area contributed by atoms with Crippen LogP contribution in [0.2, 0.25) is 5.02 Å². The van der Waals surface area contributed by atoms with Crippen molar-refractivity contribution in [2.75, 3.05) is 31.0 Å². The van der Waals surface area contributed by atoms with Gasteiger partial charge in [0.2, 0.25) is 11.8 Å². The van der Waals surface area contributed by atoms with Gasteiger partial charge in [0.15, 0.2) is 0 Å². The van der Waals surface area contributed by atoms with Crippen molar-refractivity contribution in [1.82, 2.24) is 0 Å². The second-order valence-electron chi connectivity index (χ2n) is 5.94. The first-order valence-electron chi connectivity index (χ1n) is 8.10. The van der Waals surface area contributed by atoms with E-state index in [4.69, 9.17) is 21.1 Å². The number of halogens is 1. The highest BCUT2D eigenvalue weighted by Crippen LogP contribution is 2.31. The number of nitrogens with one attached hydrogen (secondary N) is 1. The maximum atomic E-state index is 12.6. The van der Waals surface area contributed by atoms with Gasteiger partial charge < -0.3 is 19.7 Å². The highest BCUT2D eigenvalue weighted by Gasteiger charge is 2.35. The van der Waals surface area contributed by atoms with Gasteiger partial charge in [0, 0.05) is 29.7 Å². The van der Waals surface area contributed by atoms with Gasteiger partial charge in [0.1, 0.15) is 11.5 Å². The number of ether oxygens (including phenoxy) is 2. The Morgan fingerprint density at radius 1 is 1.19 bits per heavy atom. The van der Waals surface area contributed by atoms with Gasteiger partial charge in [0.25, 0.3) is 0 Å². The second-order valence-corrected chi connectivity index (χ2v) is 6.38. The average Bonchev–Trinajstić information content (AvgIpc) is 3.04. The molecule has 0 bridgehead atoms. The number of rotatable bonds is 5. The summed E-state index contributed by atoms with van der Waals surface area (Å²) >= 11 is 5.99. The van der Waals surface area contributed by atoms with Crippen molar-refractivity contribution in [3.63, 3.8) is 0 Å². The summed E-state index contributed by atoms with van der Waals surface area (Å²) in [5.41, 5.74) is 1.20. The second kappa shape index (κ2) is 7.66. The lowest BCUT2D eigenvalue weighted by atomic mass is 10.1. The number of hydrogen-bond donors (Lipinski definition) is 1. The molecule has 0 aromatic heterocycles. The molecular weight excluding hydrogens is 356 g/mol. The number of methoxy groups -OCH3 is 2. The van der Waals surface area contributed by atoms with Gasteiger partial charge >= 0.3 is 0 Å². The molecule has 1 atom stereocenters. The predicted molar refractivity (Wildman–Crippen MR) is 100 cm³/mol. The highest BCUT2D eigenvalue weighted by molar-refractivity contribution is 6.31. The number of carbonyl (C=O) groups is 2. The zero-order chi connectivity index (χ0) is 18.7. The number of benzene rings is 2. The van der Waals surface area contributed by atoms with E-state index in [1.807, 2.05) is 12.1 Å². The Morgan fingerprint density at radius 3 is 2.73 bits per heavy atom. The smallest absolute Gasteiger partial charge is 0.229 e. The molecule has 26 heavy (non-hydrogen) atoms. The summed E-state index contributed by atoms with van der Waals surface area (Å²) in [6.07, 6.45) is 0.145. The van der Waals surface area contributed by atoms with E-state index >= 15 is 0 Å². The molecule has 0 radical (unpaired) electrons. The van der Waals surface area contributed by atoms with E-state index in [1.54, 1.807) is 42.3 Å². The third-order valence-corrected chi connectivity index (χ3v) is 4.52. The van der Waals surface area contributed by atoms with E-state index in [1.165, 1.54) is 7.11 Å². The zero-order valence-corrected chi connectivity index (χ0v) is 15.2. The molecule has 0 aliphatic carbocycles. The largest absolute Gasteiger partial charge is 0.497 e. The lowest BCUT2D eigenvalue weighted by Gasteiger charge is -2.18. The van der Waals surface area contributed by atoms with E-state index < -0.39 is 5.92 Å². The lowest BCUT2D eigenvalue weighted by molar-refractivity contribution is -0.122. The third-order valence-electron chi connectivity index (χ3n) is 4.28. The number of amides is 2. The van der Waals surface area contributed by atoms with Crippen molar-refractivity contribution in [2.24, 2.45) is 5.92 Å². The molecule has 3 rings (SSSR count). The molecule has 0 saturated carbocycles. The minimum absolute atomic E-state index is 0.100. The van der Waals surface area contributed by atoms with Crippen molar-refractivity contribution in [3.05, 3.63) is 47.5 Å². The molecule has 1 aliphatic heterocycles. The number of anilines is 2. The van der Waals surface area contributed by atoms with Gasteiger partial charge in [-0.3, -0.25) is 9.59 Å². The van der Waals surface area contributed by atoms with Gasteiger partial charge in [-0.25, -0.2) is 0 Å². The van der Waals surface area contributed by atoms with E-state index in [2.05, 4.69) is 5.32 Å². The van der Waals surface area contributed by atoms with Crippen molar-refractivity contribution >= 4 is 34.8 Å². The van der Waals surface area contributed by atoms with Crippen LogP contribution in [0.1, 0.15) is 6.42 Å². The van der Waals surface area contributed by atoms with Crippen LogP contribution < -0.4 is 19.7 Å². The Balaban J connectivity index is 1.74. The SMILES string of the molecule is COc1cccc(N2C[C@H](C(=O)Nc3cc(Cl)ccc3OC)CC2=O)c1. The number of nitrogens with zero attached hydrogens (tertiary/aromatic N) is 1. The number of carbonyl (C=O) groups excluding carboxylic acids is 2. The summed E-state index contributed by atoms with van der Waals surface area (Å²) in [7, 11) is 3.09. The minimum atomic E-state index is -0.461. The van der Waals surface area contributed by atoms with Crippen molar-refractivity contribution < 1.29 is 19.1 Å². The summed E-state index contributed by atoms with van der Waals surface area (Å²) < 4.78 is 10.4. The Hall–Kier alpha value is -2.73. The van der Waals surface area contributed by atoms with Crippen molar-refractivity contribution in [3.8, 4) is 11.5 Å². The third kappa shape index (κ3) is 3.75. The van der Waals surface area contributed by atoms with Crippen LogP contribution in [0, 0.1) is 5.92 Å². The molecule has 2 aromatic carbocycles. The zero-order valence-electron chi connectivity index (χ0n) is 14.5. The summed E-state index contributed by atoms with van der Waals surface area (Å²) in [5, 5.41) is 3.29. The molecule has 1 N–H and O–H groups in total. The number of hydrogen-bond acceptors (Lipinski definition) is 4. The Bertz CT molecular complexity index is 840. The van der Waals surface area contributed by atoms with Crippen LogP contribution in [0.4, 0.5) is 11.4 Å². The molecule has 136 valence electrons. The molecule has 1 saturated heterocycles. The van der Waals surface area contributed by atoms with E-state index in [9.17, 15) is 9.59 Å². The fraction of sp³-hybridized carbons (Fsp3) is 0.263.